The minimum atomic E-state index is -0.762. The van der Waals surface area contributed by atoms with Crippen LogP contribution < -0.4 is 5.32 Å². The van der Waals surface area contributed by atoms with Crippen LogP contribution in [0.5, 0.6) is 0 Å². The molecule has 3 aromatic carbocycles. The summed E-state index contributed by atoms with van der Waals surface area (Å²) in [6, 6.07) is 18.3. The lowest BCUT2D eigenvalue weighted by Crippen LogP contribution is -2.50. The number of halogens is 4. The summed E-state index contributed by atoms with van der Waals surface area (Å²) in [5.74, 6) is -0.713. The van der Waals surface area contributed by atoms with Crippen molar-refractivity contribution in [3.63, 3.8) is 0 Å². The Hall–Kier alpha value is -2.25. The summed E-state index contributed by atoms with van der Waals surface area (Å²) in [6.45, 7) is 0.154. The van der Waals surface area contributed by atoms with Crippen molar-refractivity contribution in [3.05, 3.63) is 104 Å². The summed E-state index contributed by atoms with van der Waals surface area (Å²) < 4.78 is 14.1. The zero-order chi connectivity index (χ0) is 25.4. The first-order valence-electron chi connectivity index (χ1n) is 10.8. The zero-order valence-corrected chi connectivity index (χ0v) is 22.0. The maximum atomic E-state index is 14.1. The van der Waals surface area contributed by atoms with Gasteiger partial charge >= 0.3 is 0 Å². The fourth-order valence-electron chi connectivity index (χ4n) is 3.55. The van der Waals surface area contributed by atoms with Crippen LogP contribution in [0.4, 0.5) is 4.39 Å². The number of carbonyl (C=O) groups is 2. The number of hydrogen-bond donors (Lipinski definition) is 1. The predicted molar refractivity (Wildman–Crippen MR) is 143 cm³/mol. The Balaban J connectivity index is 1.85. The number of rotatable bonds is 10. The van der Waals surface area contributed by atoms with E-state index in [1.165, 1.54) is 35.8 Å². The molecule has 0 saturated heterocycles. The smallest absolute Gasteiger partial charge is 0.242 e. The molecular weight excluding hydrogens is 530 g/mol. The van der Waals surface area contributed by atoms with Crippen LogP contribution in [0.1, 0.15) is 16.7 Å². The molecule has 0 aliphatic rings. The Kier molecular flexibility index (Phi) is 10.3. The van der Waals surface area contributed by atoms with Crippen LogP contribution in [-0.4, -0.2) is 35.6 Å². The highest BCUT2D eigenvalue weighted by molar-refractivity contribution is 7.99. The molecule has 3 rings (SSSR count). The number of benzene rings is 3. The third kappa shape index (κ3) is 7.61. The van der Waals surface area contributed by atoms with Crippen molar-refractivity contribution < 1.29 is 14.0 Å². The maximum Gasteiger partial charge on any atom is 0.242 e. The van der Waals surface area contributed by atoms with Crippen molar-refractivity contribution in [3.8, 4) is 0 Å². The Morgan fingerprint density at radius 3 is 2.34 bits per heavy atom. The number of nitrogens with zero attached hydrogens (tertiary/aromatic N) is 1. The van der Waals surface area contributed by atoms with E-state index in [0.29, 0.717) is 27.1 Å². The molecule has 184 valence electrons. The standard InChI is InChI=1S/C26H24Cl3FN2O2S/c1-31-26(34)24(13-17-6-3-2-4-7-17)32(14-18-10-11-21(28)22(29)12-18)25(33)16-35-15-19-20(27)8-5-9-23(19)30/h2-12,24H,13-16H2,1H3,(H,31,34)/t24-/m1/s1. The summed E-state index contributed by atoms with van der Waals surface area (Å²) in [4.78, 5) is 27.9. The normalized spacial score (nSPS) is 11.7. The molecule has 0 aliphatic carbocycles. The Morgan fingerprint density at radius 1 is 0.943 bits per heavy atom. The molecule has 1 atom stereocenters. The van der Waals surface area contributed by atoms with Crippen LogP contribution in [0.3, 0.4) is 0 Å². The zero-order valence-electron chi connectivity index (χ0n) is 18.9. The molecule has 0 aliphatic heterocycles. The minimum absolute atomic E-state index is 0.0360. The van der Waals surface area contributed by atoms with Gasteiger partial charge < -0.3 is 10.2 Å². The van der Waals surface area contributed by atoms with E-state index in [4.69, 9.17) is 34.8 Å². The van der Waals surface area contributed by atoms with E-state index in [1.54, 1.807) is 24.3 Å². The summed E-state index contributed by atoms with van der Waals surface area (Å²) >= 11 is 19.6. The average molecular weight is 554 g/mol. The third-order valence-electron chi connectivity index (χ3n) is 5.39. The molecule has 3 aromatic rings. The van der Waals surface area contributed by atoms with Crippen molar-refractivity contribution in [2.75, 3.05) is 12.8 Å². The topological polar surface area (TPSA) is 49.4 Å². The number of likely N-dealkylation sites (N-methyl/N-ethyl adjacent to an activating group) is 1. The van der Waals surface area contributed by atoms with Crippen molar-refractivity contribution in [1.29, 1.82) is 0 Å². The van der Waals surface area contributed by atoms with E-state index in [-0.39, 0.29) is 29.9 Å². The number of hydrogen-bond acceptors (Lipinski definition) is 3. The fraction of sp³-hybridized carbons (Fsp3) is 0.231. The second-order valence-corrected chi connectivity index (χ2v) is 9.99. The molecule has 1 N–H and O–H groups in total. The van der Waals surface area contributed by atoms with Crippen LogP contribution in [0.2, 0.25) is 15.1 Å². The monoisotopic (exact) mass is 552 g/mol. The second kappa shape index (κ2) is 13.2. The molecule has 0 spiro atoms. The quantitative estimate of drug-likeness (QED) is 0.316. The van der Waals surface area contributed by atoms with Gasteiger partial charge in [0.15, 0.2) is 0 Å². The largest absolute Gasteiger partial charge is 0.357 e. The maximum absolute atomic E-state index is 14.1. The van der Waals surface area contributed by atoms with Crippen molar-refractivity contribution in [2.45, 2.75) is 24.8 Å². The molecule has 0 heterocycles. The summed E-state index contributed by atoms with van der Waals surface area (Å²) in [7, 11) is 1.54. The van der Waals surface area contributed by atoms with Gasteiger partial charge in [0, 0.05) is 36.4 Å². The molecule has 2 amide bonds. The van der Waals surface area contributed by atoms with Gasteiger partial charge in [0.2, 0.25) is 11.8 Å². The highest BCUT2D eigenvalue weighted by Gasteiger charge is 2.30. The predicted octanol–water partition coefficient (Wildman–Crippen LogP) is 6.41. The molecule has 0 unspecified atom stereocenters. The van der Waals surface area contributed by atoms with Crippen molar-refractivity contribution in [1.82, 2.24) is 10.2 Å². The molecule has 0 saturated carbocycles. The van der Waals surface area contributed by atoms with Gasteiger partial charge in [0.25, 0.3) is 0 Å². The van der Waals surface area contributed by atoms with E-state index < -0.39 is 11.9 Å². The van der Waals surface area contributed by atoms with Crippen LogP contribution in [0, 0.1) is 5.82 Å². The van der Waals surface area contributed by atoms with Gasteiger partial charge in [-0.25, -0.2) is 4.39 Å². The van der Waals surface area contributed by atoms with Gasteiger partial charge in [-0.15, -0.1) is 11.8 Å². The number of nitrogens with one attached hydrogen (secondary N) is 1. The molecular formula is C26H24Cl3FN2O2S. The van der Waals surface area contributed by atoms with Crippen LogP contribution >= 0.6 is 46.6 Å². The van der Waals surface area contributed by atoms with Gasteiger partial charge in [-0.3, -0.25) is 9.59 Å². The highest BCUT2D eigenvalue weighted by Crippen LogP contribution is 2.26. The SMILES string of the molecule is CNC(=O)[C@@H](Cc1ccccc1)N(Cc1ccc(Cl)c(Cl)c1)C(=O)CSCc1c(F)cccc1Cl. The summed E-state index contributed by atoms with van der Waals surface area (Å²) in [5.41, 5.74) is 1.99. The van der Waals surface area contributed by atoms with Gasteiger partial charge in [0.1, 0.15) is 11.9 Å². The van der Waals surface area contributed by atoms with Gasteiger partial charge in [0.05, 0.1) is 15.8 Å². The lowest BCUT2D eigenvalue weighted by molar-refractivity contribution is -0.139. The van der Waals surface area contributed by atoms with Crippen molar-refractivity contribution >= 4 is 58.4 Å². The van der Waals surface area contributed by atoms with E-state index in [2.05, 4.69) is 5.32 Å². The Morgan fingerprint density at radius 2 is 1.69 bits per heavy atom. The lowest BCUT2D eigenvalue weighted by atomic mass is 10.0. The fourth-order valence-corrected chi connectivity index (χ4v) is 5.12. The summed E-state index contributed by atoms with van der Waals surface area (Å²) in [6.07, 6.45) is 0.331. The first kappa shape index (κ1) is 27.3. The molecule has 0 fully saturated rings. The molecule has 0 radical (unpaired) electrons. The number of thioether (sulfide) groups is 1. The van der Waals surface area contributed by atoms with E-state index in [9.17, 15) is 14.0 Å². The van der Waals surface area contributed by atoms with Crippen molar-refractivity contribution in [2.24, 2.45) is 0 Å². The van der Waals surface area contributed by atoms with Crippen LogP contribution in [0.15, 0.2) is 66.7 Å². The van der Waals surface area contributed by atoms with Gasteiger partial charge in [-0.05, 0) is 35.4 Å². The number of amides is 2. The summed E-state index contributed by atoms with van der Waals surface area (Å²) in [5, 5.41) is 3.74. The lowest BCUT2D eigenvalue weighted by Gasteiger charge is -2.31. The van der Waals surface area contributed by atoms with E-state index >= 15 is 0 Å². The Labute approximate surface area is 223 Å². The second-order valence-electron chi connectivity index (χ2n) is 7.78. The van der Waals surface area contributed by atoms with Crippen LogP contribution in [-0.2, 0) is 28.3 Å². The van der Waals surface area contributed by atoms with E-state index in [0.717, 1.165) is 11.1 Å². The highest BCUT2D eigenvalue weighted by atomic mass is 35.5. The van der Waals surface area contributed by atoms with Gasteiger partial charge in [-0.2, -0.15) is 0 Å². The van der Waals surface area contributed by atoms with E-state index in [1.807, 2.05) is 30.3 Å². The Bertz CT molecular complexity index is 1160. The molecule has 0 aromatic heterocycles. The average Bonchev–Trinajstić information content (AvgIpc) is 2.85. The molecule has 4 nitrogen and oxygen atoms in total. The van der Waals surface area contributed by atoms with Crippen LogP contribution in [0.25, 0.3) is 0 Å². The number of carbonyl (C=O) groups excluding carboxylic acids is 2. The molecule has 35 heavy (non-hydrogen) atoms. The first-order valence-corrected chi connectivity index (χ1v) is 13.1. The molecule has 0 bridgehead atoms. The molecule has 9 heteroatoms. The third-order valence-corrected chi connectivity index (χ3v) is 7.43. The van der Waals surface area contributed by atoms with Gasteiger partial charge in [-0.1, -0.05) is 77.3 Å². The first-order chi connectivity index (χ1) is 16.8. The minimum Gasteiger partial charge on any atom is -0.357 e.